The third kappa shape index (κ3) is 4.86. The minimum atomic E-state index is -3.80. The van der Waals surface area contributed by atoms with E-state index in [1.807, 2.05) is 6.07 Å². The number of carbonyl (C=O) groups is 1. The molecular formula is C19H16ClN3O4S. The lowest BCUT2D eigenvalue weighted by molar-refractivity contribution is 0.102. The van der Waals surface area contributed by atoms with Gasteiger partial charge in [0.25, 0.3) is 11.5 Å². The smallest absolute Gasteiger partial charge is 0.257 e. The number of sulfonamides is 1. The van der Waals surface area contributed by atoms with E-state index < -0.39 is 15.9 Å². The van der Waals surface area contributed by atoms with E-state index in [4.69, 9.17) is 16.7 Å². The van der Waals surface area contributed by atoms with Crippen molar-refractivity contribution in [3.8, 4) is 0 Å². The van der Waals surface area contributed by atoms with Crippen LogP contribution in [-0.2, 0) is 16.6 Å². The summed E-state index contributed by atoms with van der Waals surface area (Å²) in [6.07, 6.45) is 1.46. The van der Waals surface area contributed by atoms with E-state index in [1.54, 1.807) is 18.2 Å². The van der Waals surface area contributed by atoms with Crippen molar-refractivity contribution in [2.45, 2.75) is 11.4 Å². The third-order valence-corrected chi connectivity index (χ3v) is 5.09. The second-order valence-electron chi connectivity index (χ2n) is 6.04. The summed E-state index contributed by atoms with van der Waals surface area (Å²) in [6, 6.07) is 15.3. The summed E-state index contributed by atoms with van der Waals surface area (Å²) in [5.74, 6) is -0.441. The summed E-state index contributed by atoms with van der Waals surface area (Å²) in [7, 11) is -3.80. The molecule has 0 aliphatic heterocycles. The predicted octanol–water partition coefficient (Wildman–Crippen LogP) is 2.45. The Kier molecular flexibility index (Phi) is 5.64. The molecular weight excluding hydrogens is 402 g/mol. The Morgan fingerprint density at radius 2 is 1.79 bits per heavy atom. The third-order valence-electron chi connectivity index (χ3n) is 3.93. The van der Waals surface area contributed by atoms with E-state index in [0.717, 1.165) is 5.56 Å². The number of rotatable bonds is 5. The van der Waals surface area contributed by atoms with E-state index >= 15 is 0 Å². The van der Waals surface area contributed by atoms with Gasteiger partial charge in [-0.2, -0.15) is 0 Å². The van der Waals surface area contributed by atoms with Crippen LogP contribution in [0.2, 0.25) is 5.02 Å². The number of halogens is 1. The number of primary sulfonamides is 1. The van der Waals surface area contributed by atoms with E-state index in [0.29, 0.717) is 10.7 Å². The van der Waals surface area contributed by atoms with Crippen LogP contribution in [0.4, 0.5) is 5.69 Å². The molecule has 1 aromatic heterocycles. The van der Waals surface area contributed by atoms with Gasteiger partial charge in [0.05, 0.1) is 17.0 Å². The monoisotopic (exact) mass is 417 g/mol. The maximum Gasteiger partial charge on any atom is 0.257 e. The zero-order valence-electron chi connectivity index (χ0n) is 14.5. The lowest BCUT2D eigenvalue weighted by Gasteiger charge is -2.10. The van der Waals surface area contributed by atoms with E-state index in [2.05, 4.69) is 5.32 Å². The Bertz CT molecular complexity index is 1190. The summed E-state index contributed by atoms with van der Waals surface area (Å²) in [6.45, 7) is 0.267. The Labute approximate surface area is 166 Å². The number of hydrogen-bond donors (Lipinski definition) is 2. The largest absolute Gasteiger partial charge is 0.322 e. The van der Waals surface area contributed by atoms with Gasteiger partial charge in [-0.25, -0.2) is 13.6 Å². The molecule has 0 aliphatic carbocycles. The molecule has 2 aromatic carbocycles. The van der Waals surface area contributed by atoms with Gasteiger partial charge >= 0.3 is 0 Å². The predicted molar refractivity (Wildman–Crippen MR) is 107 cm³/mol. The molecule has 7 nitrogen and oxygen atoms in total. The molecule has 28 heavy (non-hydrogen) atoms. The van der Waals surface area contributed by atoms with Gasteiger partial charge < -0.3 is 9.88 Å². The van der Waals surface area contributed by atoms with Gasteiger partial charge in [0.1, 0.15) is 0 Å². The van der Waals surface area contributed by atoms with Gasteiger partial charge in [0.2, 0.25) is 10.0 Å². The zero-order valence-corrected chi connectivity index (χ0v) is 16.1. The average molecular weight is 418 g/mol. The highest BCUT2D eigenvalue weighted by Crippen LogP contribution is 2.14. The maximum absolute atomic E-state index is 12.5. The molecule has 0 aliphatic rings. The molecule has 3 aromatic rings. The topological polar surface area (TPSA) is 111 Å². The van der Waals surface area contributed by atoms with E-state index in [9.17, 15) is 18.0 Å². The first-order valence-electron chi connectivity index (χ1n) is 8.11. The van der Waals surface area contributed by atoms with Gasteiger partial charge in [-0.1, -0.05) is 23.7 Å². The van der Waals surface area contributed by atoms with Crippen LogP contribution in [0.5, 0.6) is 0 Å². The number of anilines is 1. The first-order valence-corrected chi connectivity index (χ1v) is 10.0. The summed E-state index contributed by atoms with van der Waals surface area (Å²) >= 11 is 5.97. The van der Waals surface area contributed by atoms with Gasteiger partial charge in [-0.3, -0.25) is 9.59 Å². The number of benzene rings is 2. The molecule has 9 heteroatoms. The van der Waals surface area contributed by atoms with Crippen molar-refractivity contribution in [1.29, 1.82) is 0 Å². The number of pyridine rings is 1. The van der Waals surface area contributed by atoms with E-state index in [-0.39, 0.29) is 22.6 Å². The Morgan fingerprint density at radius 3 is 2.43 bits per heavy atom. The zero-order chi connectivity index (χ0) is 20.3. The molecule has 0 saturated heterocycles. The average Bonchev–Trinajstić information content (AvgIpc) is 2.63. The van der Waals surface area contributed by atoms with Gasteiger partial charge in [0.15, 0.2) is 0 Å². The van der Waals surface area contributed by atoms with Crippen LogP contribution in [0, 0.1) is 0 Å². The van der Waals surface area contributed by atoms with Crippen LogP contribution in [0.15, 0.2) is 76.6 Å². The fourth-order valence-electron chi connectivity index (χ4n) is 2.55. The number of aromatic nitrogens is 1. The molecule has 0 atom stereocenters. The normalized spacial score (nSPS) is 11.2. The van der Waals surface area contributed by atoms with Crippen LogP contribution < -0.4 is 16.0 Å². The van der Waals surface area contributed by atoms with Crippen molar-refractivity contribution in [3.05, 3.63) is 93.4 Å². The first-order chi connectivity index (χ1) is 13.2. The molecule has 0 spiro atoms. The van der Waals surface area contributed by atoms with Crippen molar-refractivity contribution < 1.29 is 13.2 Å². The molecule has 3 N–H and O–H groups in total. The van der Waals surface area contributed by atoms with Crippen molar-refractivity contribution >= 4 is 33.2 Å². The van der Waals surface area contributed by atoms with Gasteiger partial charge in [-0.05, 0) is 48.0 Å². The van der Waals surface area contributed by atoms with Crippen LogP contribution >= 0.6 is 11.6 Å². The summed E-state index contributed by atoms with van der Waals surface area (Å²) in [5, 5.41) is 8.25. The Morgan fingerprint density at radius 1 is 1.07 bits per heavy atom. The molecule has 0 fully saturated rings. The molecule has 0 unspecified atom stereocenters. The number of hydrogen-bond acceptors (Lipinski definition) is 4. The first kappa shape index (κ1) is 19.8. The van der Waals surface area contributed by atoms with Crippen LogP contribution in [-0.4, -0.2) is 18.9 Å². The highest BCUT2D eigenvalue weighted by atomic mass is 35.5. The number of nitrogens with two attached hydrogens (primary N) is 1. The minimum Gasteiger partial charge on any atom is -0.322 e. The molecule has 0 radical (unpaired) electrons. The molecule has 1 amide bonds. The van der Waals surface area contributed by atoms with Crippen LogP contribution in [0.25, 0.3) is 0 Å². The maximum atomic E-state index is 12.5. The van der Waals surface area contributed by atoms with Crippen molar-refractivity contribution in [2.75, 3.05) is 5.32 Å². The SMILES string of the molecule is NS(=O)(=O)c1ccc(NC(=O)c2ccc(=O)n(Cc3cccc(Cl)c3)c2)cc1. The molecule has 1 heterocycles. The number of amides is 1. The Balaban J connectivity index is 1.79. The number of nitrogens with one attached hydrogen (secondary N) is 1. The molecule has 3 rings (SSSR count). The van der Waals surface area contributed by atoms with Crippen LogP contribution in [0.1, 0.15) is 15.9 Å². The van der Waals surface area contributed by atoms with E-state index in [1.165, 1.54) is 47.2 Å². The summed E-state index contributed by atoms with van der Waals surface area (Å²) in [4.78, 5) is 24.5. The number of nitrogens with zero attached hydrogens (tertiary/aromatic N) is 1. The fourth-order valence-corrected chi connectivity index (χ4v) is 3.28. The second-order valence-corrected chi connectivity index (χ2v) is 8.04. The van der Waals surface area contributed by atoms with Crippen molar-refractivity contribution in [3.63, 3.8) is 0 Å². The lowest BCUT2D eigenvalue weighted by atomic mass is 10.2. The second kappa shape index (κ2) is 7.97. The quantitative estimate of drug-likeness (QED) is 0.664. The molecule has 144 valence electrons. The van der Waals surface area contributed by atoms with Gasteiger partial charge in [-0.15, -0.1) is 0 Å². The standard InChI is InChI=1S/C19H16ClN3O4S/c20-15-3-1-2-13(10-15)11-23-12-14(4-9-18(23)24)19(25)22-16-5-7-17(8-6-16)28(21,26)27/h1-10,12H,11H2,(H,22,25)(H2,21,26,27). The highest BCUT2D eigenvalue weighted by Gasteiger charge is 2.11. The summed E-state index contributed by atoms with van der Waals surface area (Å²) < 4.78 is 24.0. The van der Waals surface area contributed by atoms with Crippen LogP contribution in [0.3, 0.4) is 0 Å². The fraction of sp³-hybridized carbons (Fsp3) is 0.0526. The highest BCUT2D eigenvalue weighted by molar-refractivity contribution is 7.89. The van der Waals surface area contributed by atoms with Crippen molar-refractivity contribution in [2.24, 2.45) is 5.14 Å². The minimum absolute atomic E-state index is 0.0550. The molecule has 0 saturated carbocycles. The number of carbonyl (C=O) groups excluding carboxylic acids is 1. The van der Waals surface area contributed by atoms with Crippen molar-refractivity contribution in [1.82, 2.24) is 4.57 Å². The van der Waals surface area contributed by atoms with Gasteiger partial charge in [0, 0.05) is 23.0 Å². The lowest BCUT2D eigenvalue weighted by Crippen LogP contribution is -2.22. The molecule has 0 bridgehead atoms. The Hall–Kier alpha value is -2.94. The summed E-state index contributed by atoms with van der Waals surface area (Å²) in [5.41, 5.74) is 1.24.